The summed E-state index contributed by atoms with van der Waals surface area (Å²) < 4.78 is 5.44. The normalized spacial score (nSPS) is 17.7. The Morgan fingerprint density at radius 2 is 1.81 bits per heavy atom. The van der Waals surface area contributed by atoms with Crippen LogP contribution < -0.4 is 15.8 Å². The number of methoxy groups -OCH3 is 1. The van der Waals surface area contributed by atoms with E-state index in [2.05, 4.69) is 88.8 Å². The maximum atomic E-state index is 13.2. The second-order valence-corrected chi connectivity index (χ2v) is 9.90. The van der Waals surface area contributed by atoms with Crippen LogP contribution in [-0.4, -0.2) is 61.1 Å². The first-order valence-electron chi connectivity index (χ1n) is 13.2. The molecule has 3 N–H and O–H groups in total. The third kappa shape index (κ3) is 7.41. The van der Waals surface area contributed by atoms with Crippen LogP contribution in [0, 0.1) is 6.92 Å². The Balaban J connectivity index is 1.56. The number of benzene rings is 3. The quantitative estimate of drug-likeness (QED) is 0.396. The van der Waals surface area contributed by atoms with Crippen molar-refractivity contribution in [2.45, 2.75) is 44.9 Å². The summed E-state index contributed by atoms with van der Waals surface area (Å²) in [6.45, 7) is 6.45. The van der Waals surface area contributed by atoms with Gasteiger partial charge >= 0.3 is 0 Å². The van der Waals surface area contributed by atoms with Gasteiger partial charge in [0.15, 0.2) is 0 Å². The molecule has 0 radical (unpaired) electrons. The molecule has 0 saturated carbocycles. The maximum absolute atomic E-state index is 13.2. The summed E-state index contributed by atoms with van der Waals surface area (Å²) in [5.74, 6) is 0.899. The molecule has 196 valence electrons. The first-order valence-corrected chi connectivity index (χ1v) is 13.2. The Labute approximate surface area is 221 Å². The van der Waals surface area contributed by atoms with Crippen molar-refractivity contribution in [3.05, 3.63) is 101 Å². The smallest absolute Gasteiger partial charge is 0.237 e. The van der Waals surface area contributed by atoms with Crippen molar-refractivity contribution >= 4 is 5.91 Å². The van der Waals surface area contributed by atoms with Crippen molar-refractivity contribution in [3.8, 4) is 5.75 Å². The molecular formula is C31H40N4O2. The minimum atomic E-state index is -0.196. The number of carbonyl (C=O) groups is 1. The number of aryl methyl sites for hydroxylation is 1. The lowest BCUT2D eigenvalue weighted by atomic mass is 10.0. The van der Waals surface area contributed by atoms with Gasteiger partial charge in [0.25, 0.3) is 0 Å². The second-order valence-electron chi connectivity index (χ2n) is 9.90. The monoisotopic (exact) mass is 500 g/mol. The van der Waals surface area contributed by atoms with Crippen molar-refractivity contribution in [3.63, 3.8) is 0 Å². The summed E-state index contributed by atoms with van der Waals surface area (Å²) in [7, 11) is 1.68. The maximum Gasteiger partial charge on any atom is 0.237 e. The molecule has 0 aliphatic carbocycles. The standard InChI is InChI=1S/C31H40N4O2/c1-24-9-6-7-13-27(24)22-34(18-15-25-10-4-3-5-11-25)28-20-30(31(36)33-17-16-32)35(23-28)21-26-12-8-14-29(19-26)37-2/h3-14,19,28,30H,15-18,20-23,32H2,1-2H3,(H,33,36). The fourth-order valence-electron chi connectivity index (χ4n) is 5.22. The van der Waals surface area contributed by atoms with E-state index in [1.807, 2.05) is 12.1 Å². The molecule has 1 fully saturated rings. The van der Waals surface area contributed by atoms with Crippen LogP contribution in [0.3, 0.4) is 0 Å². The van der Waals surface area contributed by atoms with Gasteiger partial charge in [0, 0.05) is 45.3 Å². The second kappa shape index (κ2) is 13.4. The summed E-state index contributed by atoms with van der Waals surface area (Å²) in [6, 6.07) is 27.5. The Bertz CT molecular complexity index is 1140. The van der Waals surface area contributed by atoms with Gasteiger partial charge in [0.05, 0.1) is 13.2 Å². The number of hydrogen-bond donors (Lipinski definition) is 2. The van der Waals surface area contributed by atoms with Gasteiger partial charge in [-0.1, -0.05) is 66.7 Å². The number of carbonyl (C=O) groups excluding carboxylic acids is 1. The number of nitrogens with one attached hydrogen (secondary N) is 1. The van der Waals surface area contributed by atoms with Crippen LogP contribution >= 0.6 is 0 Å². The molecule has 1 aliphatic heterocycles. The van der Waals surface area contributed by atoms with Crippen LogP contribution in [-0.2, 0) is 24.3 Å². The van der Waals surface area contributed by atoms with E-state index in [-0.39, 0.29) is 18.0 Å². The summed E-state index contributed by atoms with van der Waals surface area (Å²) >= 11 is 0. The number of nitrogens with zero attached hydrogens (tertiary/aromatic N) is 2. The molecule has 1 saturated heterocycles. The number of rotatable bonds is 12. The first kappa shape index (κ1) is 26.9. The van der Waals surface area contributed by atoms with Gasteiger partial charge in [-0.3, -0.25) is 14.6 Å². The fraction of sp³-hybridized carbons (Fsp3) is 0.387. The highest BCUT2D eigenvalue weighted by atomic mass is 16.5. The minimum absolute atomic E-state index is 0.0646. The Morgan fingerprint density at radius 3 is 2.57 bits per heavy atom. The molecule has 6 heteroatoms. The lowest BCUT2D eigenvalue weighted by molar-refractivity contribution is -0.125. The lowest BCUT2D eigenvalue weighted by Gasteiger charge is -2.30. The zero-order valence-corrected chi connectivity index (χ0v) is 22.1. The summed E-state index contributed by atoms with van der Waals surface area (Å²) in [4.78, 5) is 18.1. The number of amides is 1. The van der Waals surface area contributed by atoms with E-state index in [0.717, 1.165) is 43.8 Å². The van der Waals surface area contributed by atoms with E-state index >= 15 is 0 Å². The molecule has 1 heterocycles. The summed E-state index contributed by atoms with van der Waals surface area (Å²) in [5.41, 5.74) is 10.8. The van der Waals surface area contributed by atoms with Crippen LogP contribution in [0.2, 0.25) is 0 Å². The highest BCUT2D eigenvalue weighted by Gasteiger charge is 2.39. The third-order valence-electron chi connectivity index (χ3n) is 7.33. The molecule has 1 aliphatic rings. The first-order chi connectivity index (χ1) is 18.1. The number of hydrogen-bond acceptors (Lipinski definition) is 5. The average Bonchev–Trinajstić information content (AvgIpc) is 3.35. The zero-order valence-electron chi connectivity index (χ0n) is 22.1. The Morgan fingerprint density at radius 1 is 1.05 bits per heavy atom. The summed E-state index contributed by atoms with van der Waals surface area (Å²) in [5, 5.41) is 3.04. The largest absolute Gasteiger partial charge is 0.497 e. The number of likely N-dealkylation sites (tertiary alicyclic amines) is 1. The SMILES string of the molecule is COc1cccc(CN2CC(N(CCc3ccccc3)Cc3ccccc3C)CC2C(=O)NCCN)c1. The van der Waals surface area contributed by atoms with Gasteiger partial charge < -0.3 is 15.8 Å². The van der Waals surface area contributed by atoms with Gasteiger partial charge in [-0.2, -0.15) is 0 Å². The molecule has 2 unspecified atom stereocenters. The molecule has 1 amide bonds. The molecule has 0 aromatic heterocycles. The number of ether oxygens (including phenoxy) is 1. The Hall–Kier alpha value is -3.19. The highest BCUT2D eigenvalue weighted by Crippen LogP contribution is 2.27. The van der Waals surface area contributed by atoms with Gasteiger partial charge in [-0.15, -0.1) is 0 Å². The van der Waals surface area contributed by atoms with Crippen molar-refractivity contribution in [1.82, 2.24) is 15.1 Å². The molecular weight excluding hydrogens is 460 g/mol. The van der Waals surface area contributed by atoms with Gasteiger partial charge in [0.2, 0.25) is 5.91 Å². The fourth-order valence-corrected chi connectivity index (χ4v) is 5.22. The minimum Gasteiger partial charge on any atom is -0.497 e. The van der Waals surface area contributed by atoms with E-state index in [0.29, 0.717) is 19.6 Å². The van der Waals surface area contributed by atoms with E-state index in [4.69, 9.17) is 10.5 Å². The number of nitrogens with two attached hydrogens (primary N) is 1. The van der Waals surface area contributed by atoms with Crippen LogP contribution in [0.5, 0.6) is 5.75 Å². The van der Waals surface area contributed by atoms with Gasteiger partial charge in [-0.25, -0.2) is 0 Å². The van der Waals surface area contributed by atoms with E-state index in [1.165, 1.54) is 16.7 Å². The lowest BCUT2D eigenvalue weighted by Crippen LogP contribution is -2.44. The third-order valence-corrected chi connectivity index (χ3v) is 7.33. The van der Waals surface area contributed by atoms with E-state index in [1.54, 1.807) is 7.11 Å². The Kier molecular flexibility index (Phi) is 9.71. The predicted molar refractivity (Wildman–Crippen MR) is 149 cm³/mol. The van der Waals surface area contributed by atoms with Gasteiger partial charge in [0.1, 0.15) is 5.75 Å². The summed E-state index contributed by atoms with van der Waals surface area (Å²) in [6.07, 6.45) is 1.77. The van der Waals surface area contributed by atoms with Gasteiger partial charge in [-0.05, 0) is 54.2 Å². The van der Waals surface area contributed by atoms with Crippen molar-refractivity contribution in [2.24, 2.45) is 5.73 Å². The van der Waals surface area contributed by atoms with Crippen LogP contribution in [0.25, 0.3) is 0 Å². The van der Waals surface area contributed by atoms with E-state index < -0.39 is 0 Å². The zero-order chi connectivity index (χ0) is 26.0. The average molecular weight is 501 g/mol. The highest BCUT2D eigenvalue weighted by molar-refractivity contribution is 5.82. The molecule has 6 nitrogen and oxygen atoms in total. The molecule has 0 bridgehead atoms. The topological polar surface area (TPSA) is 70.8 Å². The van der Waals surface area contributed by atoms with Crippen LogP contribution in [0.1, 0.15) is 28.7 Å². The predicted octanol–water partition coefficient (Wildman–Crippen LogP) is 3.77. The van der Waals surface area contributed by atoms with Crippen molar-refractivity contribution < 1.29 is 9.53 Å². The molecule has 37 heavy (non-hydrogen) atoms. The van der Waals surface area contributed by atoms with Crippen molar-refractivity contribution in [1.29, 1.82) is 0 Å². The molecule has 3 aromatic rings. The molecule has 3 aromatic carbocycles. The molecule has 2 atom stereocenters. The van der Waals surface area contributed by atoms with E-state index in [9.17, 15) is 4.79 Å². The van der Waals surface area contributed by atoms with Crippen LogP contribution in [0.15, 0.2) is 78.9 Å². The van der Waals surface area contributed by atoms with Crippen LogP contribution in [0.4, 0.5) is 0 Å². The molecule has 0 spiro atoms. The van der Waals surface area contributed by atoms with Crippen molar-refractivity contribution in [2.75, 3.05) is 33.3 Å². The molecule has 4 rings (SSSR count).